The van der Waals surface area contributed by atoms with Crippen molar-refractivity contribution in [1.82, 2.24) is 20.0 Å². The summed E-state index contributed by atoms with van der Waals surface area (Å²) in [5.74, 6) is 1.68. The van der Waals surface area contributed by atoms with Crippen LogP contribution in [-0.4, -0.2) is 40.9 Å². The highest BCUT2D eigenvalue weighted by Crippen LogP contribution is 2.29. The molecule has 0 saturated carbocycles. The van der Waals surface area contributed by atoms with Gasteiger partial charge in [-0.3, -0.25) is 9.58 Å². The number of aryl methyl sites for hydroxylation is 2. The van der Waals surface area contributed by atoms with Gasteiger partial charge in [0.05, 0.1) is 5.69 Å². The highest BCUT2D eigenvalue weighted by Gasteiger charge is 2.36. The van der Waals surface area contributed by atoms with Gasteiger partial charge in [0.25, 0.3) is 0 Å². The van der Waals surface area contributed by atoms with Crippen LogP contribution in [0.25, 0.3) is 0 Å². The maximum Gasteiger partial charge on any atom is 0.131 e. The van der Waals surface area contributed by atoms with Gasteiger partial charge in [0.15, 0.2) is 0 Å². The predicted molar refractivity (Wildman–Crippen MR) is 68.1 cm³/mol. The van der Waals surface area contributed by atoms with Crippen molar-refractivity contribution in [3.05, 3.63) is 16.4 Å². The monoisotopic (exact) mass is 254 g/mol. The lowest BCUT2D eigenvalue weighted by atomic mass is 10.0. The topological polar surface area (TPSA) is 33.1 Å². The lowest BCUT2D eigenvalue weighted by molar-refractivity contribution is 0.305. The van der Waals surface area contributed by atoms with Gasteiger partial charge in [0, 0.05) is 32.2 Å². The standard InChI is InChI=1S/C12H19ClN4/c1-8-11(12(13)16(2)15-8)7-17-5-9-3-14-4-10(9)6-17/h9-10,14H,3-7H2,1-2H3. The van der Waals surface area contributed by atoms with Gasteiger partial charge in [-0.15, -0.1) is 0 Å². The van der Waals surface area contributed by atoms with Crippen molar-refractivity contribution in [3.8, 4) is 0 Å². The minimum atomic E-state index is 0.790. The van der Waals surface area contributed by atoms with E-state index in [-0.39, 0.29) is 0 Å². The van der Waals surface area contributed by atoms with Gasteiger partial charge in [-0.1, -0.05) is 11.6 Å². The Morgan fingerprint density at radius 2 is 2.00 bits per heavy atom. The molecule has 0 aliphatic carbocycles. The Kier molecular flexibility index (Phi) is 2.89. The van der Waals surface area contributed by atoms with E-state index in [1.54, 1.807) is 4.68 Å². The molecule has 0 radical (unpaired) electrons. The Morgan fingerprint density at radius 1 is 1.35 bits per heavy atom. The molecule has 2 unspecified atom stereocenters. The second kappa shape index (κ2) is 4.26. The molecule has 5 heteroatoms. The minimum Gasteiger partial charge on any atom is -0.316 e. The molecule has 2 aliphatic rings. The summed E-state index contributed by atoms with van der Waals surface area (Å²) in [7, 11) is 1.90. The number of rotatable bonds is 2. The van der Waals surface area contributed by atoms with E-state index in [4.69, 9.17) is 11.6 Å². The molecular formula is C12H19ClN4. The third-order valence-corrected chi connectivity index (χ3v) is 4.59. The second-order valence-electron chi connectivity index (χ2n) is 5.35. The van der Waals surface area contributed by atoms with Crippen LogP contribution in [0.4, 0.5) is 0 Å². The fourth-order valence-corrected chi connectivity index (χ4v) is 3.39. The van der Waals surface area contributed by atoms with Crippen molar-refractivity contribution in [2.45, 2.75) is 13.5 Å². The number of hydrogen-bond donors (Lipinski definition) is 1. The van der Waals surface area contributed by atoms with Crippen molar-refractivity contribution in [2.24, 2.45) is 18.9 Å². The Labute approximate surface area is 107 Å². The molecule has 17 heavy (non-hydrogen) atoms. The van der Waals surface area contributed by atoms with Gasteiger partial charge in [-0.25, -0.2) is 0 Å². The number of halogens is 1. The molecule has 0 bridgehead atoms. The molecule has 94 valence electrons. The van der Waals surface area contributed by atoms with E-state index in [1.807, 2.05) is 14.0 Å². The van der Waals surface area contributed by atoms with Crippen molar-refractivity contribution < 1.29 is 0 Å². The maximum atomic E-state index is 6.27. The van der Waals surface area contributed by atoms with E-state index in [0.717, 1.165) is 29.2 Å². The van der Waals surface area contributed by atoms with E-state index in [1.165, 1.54) is 31.7 Å². The number of hydrogen-bond acceptors (Lipinski definition) is 3. The molecule has 0 spiro atoms. The van der Waals surface area contributed by atoms with E-state index in [2.05, 4.69) is 15.3 Å². The molecule has 4 nitrogen and oxygen atoms in total. The molecule has 2 saturated heterocycles. The molecule has 1 aromatic rings. The first kappa shape index (κ1) is 11.5. The first-order chi connectivity index (χ1) is 8.15. The van der Waals surface area contributed by atoms with Gasteiger partial charge in [-0.05, 0) is 31.8 Å². The van der Waals surface area contributed by atoms with E-state index >= 15 is 0 Å². The number of aromatic nitrogens is 2. The summed E-state index contributed by atoms with van der Waals surface area (Å²) in [6.45, 7) is 7.75. The van der Waals surface area contributed by atoms with Crippen LogP contribution in [-0.2, 0) is 13.6 Å². The number of nitrogens with one attached hydrogen (secondary N) is 1. The van der Waals surface area contributed by atoms with Crippen LogP contribution >= 0.6 is 11.6 Å². The molecule has 3 rings (SSSR count). The van der Waals surface area contributed by atoms with Gasteiger partial charge < -0.3 is 5.32 Å². The van der Waals surface area contributed by atoms with Gasteiger partial charge >= 0.3 is 0 Å². The van der Waals surface area contributed by atoms with Crippen LogP contribution in [0.2, 0.25) is 5.15 Å². The summed E-state index contributed by atoms with van der Waals surface area (Å²) in [6.07, 6.45) is 0. The fourth-order valence-electron chi connectivity index (χ4n) is 3.16. The summed E-state index contributed by atoms with van der Waals surface area (Å²) < 4.78 is 1.77. The van der Waals surface area contributed by atoms with Gasteiger partial charge in [0.2, 0.25) is 0 Å². The molecule has 0 amide bonds. The second-order valence-corrected chi connectivity index (χ2v) is 5.71. The Balaban J connectivity index is 1.71. The normalized spacial score (nSPS) is 28.9. The molecule has 0 aromatic carbocycles. The number of likely N-dealkylation sites (tertiary alicyclic amines) is 1. The van der Waals surface area contributed by atoms with E-state index in [0.29, 0.717) is 0 Å². The Morgan fingerprint density at radius 3 is 2.53 bits per heavy atom. The predicted octanol–water partition coefficient (Wildman–Crippen LogP) is 1.03. The van der Waals surface area contributed by atoms with E-state index in [9.17, 15) is 0 Å². The average molecular weight is 255 g/mol. The number of fused-ring (bicyclic) bond motifs is 1. The Bertz CT molecular complexity index is 416. The van der Waals surface area contributed by atoms with Crippen LogP contribution in [0, 0.1) is 18.8 Å². The summed E-state index contributed by atoms with van der Waals surface area (Å²) in [5, 5.41) is 8.63. The lowest BCUT2D eigenvalue weighted by Gasteiger charge is -2.16. The van der Waals surface area contributed by atoms with Gasteiger partial charge in [-0.2, -0.15) is 5.10 Å². The zero-order chi connectivity index (χ0) is 12.0. The zero-order valence-corrected chi connectivity index (χ0v) is 11.2. The van der Waals surface area contributed by atoms with Crippen LogP contribution in [0.1, 0.15) is 11.3 Å². The third kappa shape index (κ3) is 1.98. The highest BCUT2D eigenvalue weighted by atomic mass is 35.5. The van der Waals surface area contributed by atoms with Gasteiger partial charge in [0.1, 0.15) is 5.15 Å². The van der Waals surface area contributed by atoms with Crippen molar-refractivity contribution in [2.75, 3.05) is 26.2 Å². The zero-order valence-electron chi connectivity index (χ0n) is 10.4. The molecule has 2 aliphatic heterocycles. The molecule has 3 heterocycles. The summed E-state index contributed by atoms with van der Waals surface area (Å²) in [4.78, 5) is 2.52. The first-order valence-corrected chi connectivity index (χ1v) is 6.64. The van der Waals surface area contributed by atoms with Crippen LogP contribution in [0.5, 0.6) is 0 Å². The Hall–Kier alpha value is -0.580. The van der Waals surface area contributed by atoms with E-state index < -0.39 is 0 Å². The largest absolute Gasteiger partial charge is 0.316 e. The fraction of sp³-hybridized carbons (Fsp3) is 0.750. The van der Waals surface area contributed by atoms with Crippen LogP contribution in [0.3, 0.4) is 0 Å². The third-order valence-electron chi connectivity index (χ3n) is 4.12. The summed E-state index contributed by atoms with van der Waals surface area (Å²) in [6, 6.07) is 0. The van der Waals surface area contributed by atoms with Crippen molar-refractivity contribution in [3.63, 3.8) is 0 Å². The lowest BCUT2D eigenvalue weighted by Crippen LogP contribution is -2.25. The highest BCUT2D eigenvalue weighted by molar-refractivity contribution is 6.30. The molecular weight excluding hydrogens is 236 g/mol. The maximum absolute atomic E-state index is 6.27. The average Bonchev–Trinajstić information content (AvgIpc) is 2.89. The molecule has 2 atom stereocenters. The molecule has 2 fully saturated rings. The molecule has 1 aromatic heterocycles. The SMILES string of the molecule is Cc1nn(C)c(Cl)c1CN1CC2CNCC2C1. The smallest absolute Gasteiger partial charge is 0.131 e. The van der Waals surface area contributed by atoms with Crippen molar-refractivity contribution in [1.29, 1.82) is 0 Å². The first-order valence-electron chi connectivity index (χ1n) is 6.26. The summed E-state index contributed by atoms with van der Waals surface area (Å²) >= 11 is 6.27. The minimum absolute atomic E-state index is 0.790. The summed E-state index contributed by atoms with van der Waals surface area (Å²) in [5.41, 5.74) is 2.26. The van der Waals surface area contributed by atoms with Crippen molar-refractivity contribution >= 4 is 11.6 Å². The molecule has 1 N–H and O–H groups in total. The number of nitrogens with zero attached hydrogens (tertiary/aromatic N) is 3. The quantitative estimate of drug-likeness (QED) is 0.856. The van der Waals surface area contributed by atoms with Crippen LogP contribution in [0.15, 0.2) is 0 Å². The van der Waals surface area contributed by atoms with Crippen LogP contribution < -0.4 is 5.32 Å².